The Bertz CT molecular complexity index is 2450. The first-order valence-electron chi connectivity index (χ1n) is 18.0. The Kier molecular flexibility index (Phi) is 9.16. The highest BCUT2D eigenvalue weighted by atomic mass is 31.2. The zero-order valence-corrected chi connectivity index (χ0v) is 32.1. The Labute approximate surface area is 319 Å². The number of hydrogen-bond acceptors (Lipinski definition) is 8. The molecular formula is C45H38O8P2. The summed E-state index contributed by atoms with van der Waals surface area (Å²) in [5, 5.41) is 24.2. The second kappa shape index (κ2) is 13.9. The minimum absolute atomic E-state index is 0.0913. The molecule has 0 spiro atoms. The molecule has 0 radical (unpaired) electrons. The normalized spacial score (nSPS) is 18.1. The van der Waals surface area contributed by atoms with E-state index in [2.05, 4.69) is 0 Å². The predicted octanol–water partition coefficient (Wildman–Crippen LogP) is 9.23. The molecule has 2 aliphatic heterocycles. The molecule has 0 aromatic heterocycles. The maximum absolute atomic E-state index is 14.9. The number of rotatable bonds is 10. The Hall–Kier alpha value is -5.68. The topological polar surface area (TPSA) is 127 Å². The maximum atomic E-state index is 14.9. The van der Waals surface area contributed by atoms with Crippen LogP contribution in [0.3, 0.4) is 0 Å². The molecule has 6 aromatic carbocycles. The van der Waals surface area contributed by atoms with E-state index in [1.165, 1.54) is 0 Å². The average molecular weight is 769 g/mol. The van der Waals surface area contributed by atoms with Gasteiger partial charge in [0, 0.05) is 51.6 Å². The molecule has 8 rings (SSSR count). The van der Waals surface area contributed by atoms with Gasteiger partial charge in [0.25, 0.3) is 14.7 Å². The van der Waals surface area contributed by atoms with Crippen molar-refractivity contribution < 1.29 is 38.0 Å². The number of carbonyl (C=O) groups excluding carboxylic acids is 2. The van der Waals surface area contributed by atoms with E-state index in [0.717, 1.165) is 22.3 Å². The highest BCUT2D eigenvalue weighted by Gasteiger charge is 2.39. The van der Waals surface area contributed by atoms with Crippen molar-refractivity contribution in [3.63, 3.8) is 0 Å². The van der Waals surface area contributed by atoms with Crippen LogP contribution in [0.1, 0.15) is 47.2 Å². The van der Waals surface area contributed by atoms with Crippen molar-refractivity contribution in [1.29, 1.82) is 0 Å². The van der Waals surface area contributed by atoms with Gasteiger partial charge in [-0.3, -0.25) is 9.13 Å². The molecule has 0 saturated carbocycles. The fourth-order valence-corrected chi connectivity index (χ4v) is 12.5. The van der Waals surface area contributed by atoms with Crippen molar-refractivity contribution in [3.05, 3.63) is 155 Å². The number of phenolic OH excluding ortho intramolecular Hbond substituents is 2. The number of para-hydroxylation sites is 2. The number of benzene rings is 6. The number of aldehydes is 2. The van der Waals surface area contributed by atoms with Crippen LogP contribution in [0.15, 0.2) is 121 Å². The zero-order chi connectivity index (χ0) is 38.5. The fraction of sp³-hybridized carbons (Fsp3) is 0.156. The van der Waals surface area contributed by atoms with Crippen molar-refractivity contribution >= 4 is 37.9 Å². The molecule has 0 bridgehead atoms. The van der Waals surface area contributed by atoms with Gasteiger partial charge in [0.1, 0.15) is 35.6 Å². The van der Waals surface area contributed by atoms with Crippen molar-refractivity contribution in [2.24, 2.45) is 0 Å². The minimum atomic E-state index is -3.64. The van der Waals surface area contributed by atoms with Gasteiger partial charge in [-0.05, 0) is 46.5 Å². The van der Waals surface area contributed by atoms with E-state index in [1.54, 1.807) is 48.5 Å². The van der Waals surface area contributed by atoms with Crippen LogP contribution >= 0.6 is 14.7 Å². The van der Waals surface area contributed by atoms with E-state index in [9.17, 15) is 28.9 Å². The molecule has 2 heterocycles. The van der Waals surface area contributed by atoms with Crippen molar-refractivity contribution in [3.8, 4) is 45.3 Å². The second-order valence-corrected chi connectivity index (χ2v) is 19.2. The quantitative estimate of drug-likeness (QED) is 0.104. The van der Waals surface area contributed by atoms with Crippen LogP contribution in [-0.2, 0) is 49.3 Å². The Balaban J connectivity index is 1.22. The molecule has 0 aliphatic carbocycles. The highest BCUT2D eigenvalue weighted by molar-refractivity contribution is 7.67. The largest absolute Gasteiger partial charge is 0.507 e. The third-order valence-electron chi connectivity index (χ3n) is 10.7. The minimum Gasteiger partial charge on any atom is -0.507 e. The van der Waals surface area contributed by atoms with Gasteiger partial charge in [0.15, 0.2) is 0 Å². The molecule has 2 N–H and O–H groups in total. The van der Waals surface area contributed by atoms with Gasteiger partial charge in [-0.1, -0.05) is 111 Å². The zero-order valence-electron chi connectivity index (χ0n) is 30.3. The van der Waals surface area contributed by atoms with Crippen molar-refractivity contribution in [1.82, 2.24) is 0 Å². The number of hydrogen-bond donors (Lipinski definition) is 2. The van der Waals surface area contributed by atoms with E-state index in [1.807, 2.05) is 86.6 Å². The molecule has 10 heteroatoms. The SMILES string of the molecule is CC(C)(c1cc(CC=O)c(O)c(CP2(=O)Oc3ccccc3-c3ccccc32)c1)c1cc(CC=O)c(O)c(CP2(=O)Oc3ccccc3-c3ccccc32)c1. The van der Waals surface area contributed by atoms with Crippen molar-refractivity contribution in [2.75, 3.05) is 0 Å². The third-order valence-corrected chi connectivity index (χ3v) is 15.5. The molecule has 2 unspecified atom stereocenters. The summed E-state index contributed by atoms with van der Waals surface area (Å²) < 4.78 is 42.4. The van der Waals surface area contributed by atoms with E-state index in [4.69, 9.17) is 9.05 Å². The summed E-state index contributed by atoms with van der Waals surface area (Å²) in [5.41, 5.74) is 5.15. The van der Waals surface area contributed by atoms with E-state index >= 15 is 0 Å². The third kappa shape index (κ3) is 6.30. The fourth-order valence-electron chi connectivity index (χ4n) is 7.77. The lowest BCUT2D eigenvalue weighted by molar-refractivity contribution is -0.108. The van der Waals surface area contributed by atoms with E-state index in [-0.39, 0.29) is 36.7 Å². The molecule has 0 amide bonds. The van der Waals surface area contributed by atoms with E-state index < -0.39 is 20.2 Å². The van der Waals surface area contributed by atoms with Crippen LogP contribution in [0, 0.1) is 0 Å². The van der Waals surface area contributed by atoms with Crippen molar-refractivity contribution in [2.45, 2.75) is 44.4 Å². The molecule has 6 aromatic rings. The van der Waals surface area contributed by atoms with Crippen LogP contribution in [-0.4, -0.2) is 22.8 Å². The summed E-state index contributed by atoms with van der Waals surface area (Å²) in [6.45, 7) is 3.90. The first-order valence-corrected chi connectivity index (χ1v) is 21.6. The number of phenols is 2. The summed E-state index contributed by atoms with van der Waals surface area (Å²) in [7, 11) is -7.28. The molecule has 0 saturated heterocycles. The van der Waals surface area contributed by atoms with Gasteiger partial charge < -0.3 is 28.8 Å². The smallest absolute Gasteiger partial charge is 0.282 e. The van der Waals surface area contributed by atoms with Gasteiger partial charge in [-0.15, -0.1) is 0 Å². The lowest BCUT2D eigenvalue weighted by Crippen LogP contribution is -2.22. The lowest BCUT2D eigenvalue weighted by Gasteiger charge is -2.32. The average Bonchev–Trinajstić information content (AvgIpc) is 3.18. The maximum Gasteiger partial charge on any atom is 0.282 e. The summed E-state index contributed by atoms with van der Waals surface area (Å²) in [6.07, 6.45) is 0.951. The number of carbonyl (C=O) groups is 2. The van der Waals surface area contributed by atoms with Crippen LogP contribution in [0.4, 0.5) is 0 Å². The van der Waals surface area contributed by atoms with Crippen LogP contribution in [0.2, 0.25) is 0 Å². The molecule has 2 atom stereocenters. The standard InChI is InChI=1S/C45H38O8P2/c1-45(2,33-23-29(19-21-46)43(48)31(25-33)27-54(50)41-17-9-5-13-37(41)35-11-3-7-15-39(35)52-54)34-24-30(20-22-47)44(49)32(26-34)28-55(51)42-18-10-6-14-38(42)36-12-4-8-16-40(36)53-55/h3-18,21-26,48-49H,19-20,27-28H2,1-2H3. The Morgan fingerprint density at radius 3 is 1.27 bits per heavy atom. The lowest BCUT2D eigenvalue weighted by atomic mass is 9.75. The molecule has 0 fully saturated rings. The van der Waals surface area contributed by atoms with Gasteiger partial charge in [-0.25, -0.2) is 0 Å². The molecule has 8 nitrogen and oxygen atoms in total. The van der Waals surface area contributed by atoms with Crippen LogP contribution in [0.25, 0.3) is 22.3 Å². The molecule has 55 heavy (non-hydrogen) atoms. The highest BCUT2D eigenvalue weighted by Crippen LogP contribution is 2.59. The van der Waals surface area contributed by atoms with Gasteiger partial charge in [0.05, 0.1) is 22.9 Å². The van der Waals surface area contributed by atoms with Gasteiger partial charge >= 0.3 is 0 Å². The summed E-state index contributed by atoms with van der Waals surface area (Å²) in [6, 6.07) is 36.6. The Morgan fingerprint density at radius 2 is 0.873 bits per heavy atom. The van der Waals surface area contributed by atoms with Gasteiger partial charge in [-0.2, -0.15) is 0 Å². The second-order valence-electron chi connectivity index (χ2n) is 14.5. The molecular weight excluding hydrogens is 730 g/mol. The number of aromatic hydroxyl groups is 2. The monoisotopic (exact) mass is 768 g/mol. The van der Waals surface area contributed by atoms with Crippen LogP contribution in [0.5, 0.6) is 23.0 Å². The first kappa shape index (κ1) is 36.3. The predicted molar refractivity (Wildman–Crippen MR) is 215 cm³/mol. The summed E-state index contributed by atoms with van der Waals surface area (Å²) >= 11 is 0. The Morgan fingerprint density at radius 1 is 0.527 bits per heavy atom. The summed E-state index contributed by atoms with van der Waals surface area (Å²) in [5.74, 6) is 0.697. The molecule has 2 aliphatic rings. The number of fused-ring (bicyclic) bond motifs is 6. The first-order chi connectivity index (χ1) is 26.5. The summed E-state index contributed by atoms with van der Waals surface area (Å²) in [4.78, 5) is 23.8. The van der Waals surface area contributed by atoms with Gasteiger partial charge in [0.2, 0.25) is 0 Å². The molecule has 276 valence electrons. The van der Waals surface area contributed by atoms with E-state index in [0.29, 0.717) is 68.1 Å². The van der Waals surface area contributed by atoms with Crippen LogP contribution < -0.4 is 19.7 Å².